The van der Waals surface area contributed by atoms with E-state index in [2.05, 4.69) is 10.1 Å². The summed E-state index contributed by atoms with van der Waals surface area (Å²) in [5.41, 5.74) is 5.74. The van der Waals surface area contributed by atoms with Crippen LogP contribution in [0.15, 0.2) is 12.1 Å². The summed E-state index contributed by atoms with van der Waals surface area (Å²) in [4.78, 5) is 11.5. The molecule has 0 heterocycles. The fraction of sp³-hybridized carbons (Fsp3) is 0.417. The van der Waals surface area contributed by atoms with Gasteiger partial charge in [0.15, 0.2) is 0 Å². The van der Waals surface area contributed by atoms with Gasteiger partial charge in [-0.3, -0.25) is 4.79 Å². The van der Waals surface area contributed by atoms with Crippen molar-refractivity contribution in [2.75, 3.05) is 0 Å². The Bertz CT molecular complexity index is 485. The first-order valence-electron chi connectivity index (χ1n) is 5.74. The molecule has 1 unspecified atom stereocenters. The number of ether oxygens (including phenoxy) is 1. The number of amides is 1. The van der Waals surface area contributed by atoms with Crippen LogP contribution in [-0.4, -0.2) is 18.6 Å². The van der Waals surface area contributed by atoms with Gasteiger partial charge in [0, 0.05) is 29.6 Å². The molecule has 3 N–H and O–H groups in total. The van der Waals surface area contributed by atoms with Crippen molar-refractivity contribution in [2.45, 2.75) is 32.5 Å². The van der Waals surface area contributed by atoms with E-state index in [0.29, 0.717) is 0 Å². The molecule has 0 saturated heterocycles. The Morgan fingerprint density at radius 1 is 1.45 bits per heavy atom. The third kappa shape index (κ3) is 5.48. The average Bonchev–Trinajstić information content (AvgIpc) is 2.29. The number of rotatable bonds is 6. The van der Waals surface area contributed by atoms with Gasteiger partial charge in [-0.25, -0.2) is 0 Å². The lowest BCUT2D eigenvalue weighted by Crippen LogP contribution is -2.29. The molecule has 4 nitrogen and oxygen atoms in total. The lowest BCUT2D eigenvalue weighted by molar-refractivity contribution is -0.121. The largest absolute Gasteiger partial charge is 0.433 e. The molecule has 1 aromatic carbocycles. The monoisotopic (exact) mass is 326 g/mol. The van der Waals surface area contributed by atoms with E-state index >= 15 is 0 Å². The normalized spacial score (nSPS) is 12.3. The SMILES string of the molecule is CC(N)CC(=O)NCc1cc(Cl)cc(Cl)c1OC(F)F. The molecular weight excluding hydrogens is 313 g/mol. The molecule has 8 heteroatoms. The highest BCUT2D eigenvalue weighted by molar-refractivity contribution is 6.35. The number of nitrogens with one attached hydrogen (secondary N) is 1. The molecule has 0 aliphatic heterocycles. The van der Waals surface area contributed by atoms with E-state index in [1.54, 1.807) is 6.92 Å². The second-order valence-electron chi connectivity index (χ2n) is 4.21. The number of hydrogen-bond donors (Lipinski definition) is 2. The fourth-order valence-electron chi connectivity index (χ4n) is 1.52. The van der Waals surface area contributed by atoms with E-state index in [4.69, 9.17) is 28.9 Å². The summed E-state index contributed by atoms with van der Waals surface area (Å²) in [6.45, 7) is -1.37. The maximum absolute atomic E-state index is 12.3. The van der Waals surface area contributed by atoms with Crippen LogP contribution in [0.5, 0.6) is 5.75 Å². The van der Waals surface area contributed by atoms with Crippen molar-refractivity contribution in [1.29, 1.82) is 0 Å². The molecule has 0 aliphatic rings. The molecule has 1 atom stereocenters. The summed E-state index contributed by atoms with van der Waals surface area (Å²) < 4.78 is 29.0. The number of carbonyl (C=O) groups is 1. The van der Waals surface area contributed by atoms with Gasteiger partial charge in [0.2, 0.25) is 5.91 Å². The van der Waals surface area contributed by atoms with E-state index in [0.717, 1.165) is 0 Å². The van der Waals surface area contributed by atoms with Crippen molar-refractivity contribution in [3.63, 3.8) is 0 Å². The van der Waals surface area contributed by atoms with Crippen LogP contribution in [0.4, 0.5) is 8.78 Å². The third-order valence-electron chi connectivity index (χ3n) is 2.28. The van der Waals surface area contributed by atoms with E-state index in [9.17, 15) is 13.6 Å². The van der Waals surface area contributed by atoms with Crippen LogP contribution in [0.25, 0.3) is 0 Å². The summed E-state index contributed by atoms with van der Waals surface area (Å²) >= 11 is 11.6. The predicted molar refractivity (Wildman–Crippen MR) is 73.2 cm³/mol. The van der Waals surface area contributed by atoms with Crippen molar-refractivity contribution >= 4 is 29.1 Å². The topological polar surface area (TPSA) is 64.4 Å². The first-order valence-corrected chi connectivity index (χ1v) is 6.50. The highest BCUT2D eigenvalue weighted by atomic mass is 35.5. The van der Waals surface area contributed by atoms with Crippen LogP contribution in [0.2, 0.25) is 10.0 Å². The molecule has 1 aromatic rings. The van der Waals surface area contributed by atoms with Crippen LogP contribution in [0.1, 0.15) is 18.9 Å². The number of halogens is 4. The molecule has 1 rings (SSSR count). The molecule has 0 radical (unpaired) electrons. The first kappa shape index (κ1) is 16.9. The van der Waals surface area contributed by atoms with Gasteiger partial charge in [-0.1, -0.05) is 23.2 Å². The van der Waals surface area contributed by atoms with Gasteiger partial charge in [-0.2, -0.15) is 8.78 Å². The van der Waals surface area contributed by atoms with Crippen molar-refractivity contribution < 1.29 is 18.3 Å². The van der Waals surface area contributed by atoms with Crippen LogP contribution in [0.3, 0.4) is 0 Å². The van der Waals surface area contributed by atoms with E-state index in [1.165, 1.54) is 12.1 Å². The summed E-state index contributed by atoms with van der Waals surface area (Å²) in [5.74, 6) is -0.508. The molecule has 0 aromatic heterocycles. The van der Waals surface area contributed by atoms with E-state index < -0.39 is 6.61 Å². The molecule has 20 heavy (non-hydrogen) atoms. The van der Waals surface area contributed by atoms with Gasteiger partial charge in [-0.05, 0) is 19.1 Å². The van der Waals surface area contributed by atoms with Crippen molar-refractivity contribution in [3.05, 3.63) is 27.7 Å². The molecule has 1 amide bonds. The highest BCUT2D eigenvalue weighted by Crippen LogP contribution is 2.33. The minimum absolute atomic E-state index is 0.0338. The average molecular weight is 327 g/mol. The third-order valence-corrected chi connectivity index (χ3v) is 2.77. The Balaban J connectivity index is 2.84. The standard InChI is InChI=1S/C12H14Cl2F2N2O2/c1-6(17)2-10(19)18-5-7-3-8(13)4-9(14)11(7)20-12(15)16/h3-4,6,12H,2,5,17H2,1H3,(H,18,19). The predicted octanol–water partition coefficient (Wildman–Crippen LogP) is 2.95. The molecule has 0 aliphatic carbocycles. The smallest absolute Gasteiger partial charge is 0.387 e. The van der Waals surface area contributed by atoms with Crippen LogP contribution in [-0.2, 0) is 11.3 Å². The molecule has 0 spiro atoms. The molecule has 0 bridgehead atoms. The highest BCUT2D eigenvalue weighted by Gasteiger charge is 2.16. The van der Waals surface area contributed by atoms with Crippen molar-refractivity contribution in [2.24, 2.45) is 5.73 Å². The Morgan fingerprint density at radius 3 is 2.65 bits per heavy atom. The Morgan fingerprint density at radius 2 is 2.10 bits per heavy atom. The number of alkyl halides is 2. The van der Waals surface area contributed by atoms with Gasteiger partial charge in [0.05, 0.1) is 5.02 Å². The molecular formula is C12H14Cl2F2N2O2. The van der Waals surface area contributed by atoms with E-state index in [-0.39, 0.29) is 46.3 Å². The minimum Gasteiger partial charge on any atom is -0.433 e. The number of hydrogen-bond acceptors (Lipinski definition) is 3. The van der Waals surface area contributed by atoms with Gasteiger partial charge in [0.1, 0.15) is 5.75 Å². The van der Waals surface area contributed by atoms with Crippen LogP contribution < -0.4 is 15.8 Å². The summed E-state index contributed by atoms with van der Waals surface area (Å²) in [6, 6.07) is 2.39. The van der Waals surface area contributed by atoms with Gasteiger partial charge < -0.3 is 15.8 Å². The van der Waals surface area contributed by atoms with Gasteiger partial charge >= 0.3 is 6.61 Å². The number of nitrogens with two attached hydrogens (primary N) is 1. The molecule has 0 fully saturated rings. The zero-order chi connectivity index (χ0) is 15.3. The quantitative estimate of drug-likeness (QED) is 0.844. The van der Waals surface area contributed by atoms with Crippen molar-refractivity contribution in [1.82, 2.24) is 5.32 Å². The maximum atomic E-state index is 12.3. The lowest BCUT2D eigenvalue weighted by atomic mass is 10.2. The number of benzene rings is 1. The molecule has 112 valence electrons. The Hall–Kier alpha value is -1.11. The Labute approximate surface area is 125 Å². The molecule has 0 saturated carbocycles. The van der Waals surface area contributed by atoms with E-state index in [1.807, 2.05) is 0 Å². The van der Waals surface area contributed by atoms with Gasteiger partial charge in [0.25, 0.3) is 0 Å². The zero-order valence-corrected chi connectivity index (χ0v) is 12.1. The second kappa shape index (κ2) is 7.61. The first-order chi connectivity index (χ1) is 9.29. The zero-order valence-electron chi connectivity index (χ0n) is 10.6. The summed E-state index contributed by atoms with van der Waals surface area (Å²) in [5, 5.41) is 2.75. The summed E-state index contributed by atoms with van der Waals surface area (Å²) in [7, 11) is 0. The maximum Gasteiger partial charge on any atom is 0.387 e. The number of carbonyl (C=O) groups excluding carboxylic acids is 1. The fourth-order valence-corrected chi connectivity index (χ4v) is 2.10. The lowest BCUT2D eigenvalue weighted by Gasteiger charge is -2.14. The van der Waals surface area contributed by atoms with Crippen LogP contribution >= 0.6 is 23.2 Å². The van der Waals surface area contributed by atoms with Crippen LogP contribution in [0, 0.1) is 0 Å². The Kier molecular flexibility index (Phi) is 6.45. The summed E-state index contributed by atoms with van der Waals surface area (Å²) in [6.07, 6.45) is 0.124. The van der Waals surface area contributed by atoms with Crippen molar-refractivity contribution in [3.8, 4) is 5.75 Å². The second-order valence-corrected chi connectivity index (χ2v) is 5.06. The van der Waals surface area contributed by atoms with Gasteiger partial charge in [-0.15, -0.1) is 0 Å². The minimum atomic E-state index is -3.02.